The van der Waals surface area contributed by atoms with E-state index in [2.05, 4.69) is 4.90 Å². The lowest BCUT2D eigenvalue weighted by molar-refractivity contribution is -0.138. The first-order chi connectivity index (χ1) is 10.8. The summed E-state index contributed by atoms with van der Waals surface area (Å²) in [6.45, 7) is 4.26. The van der Waals surface area contributed by atoms with E-state index in [9.17, 15) is 18.0 Å². The zero-order valence-electron chi connectivity index (χ0n) is 13.1. The van der Waals surface area contributed by atoms with E-state index in [1.807, 2.05) is 6.92 Å². The number of fused-ring (bicyclic) bond motifs is 1. The highest BCUT2D eigenvalue weighted by molar-refractivity contribution is 5.98. The molecule has 2 aliphatic rings. The number of hydrogen-bond acceptors (Lipinski definition) is 3. The molecular formula is C16H19F3N2O2. The van der Waals surface area contributed by atoms with E-state index in [4.69, 9.17) is 4.74 Å². The molecule has 1 amide bonds. The maximum absolute atomic E-state index is 13.4. The fraction of sp³-hybridized carbons (Fsp3) is 0.562. The Morgan fingerprint density at radius 2 is 2.09 bits per heavy atom. The Morgan fingerprint density at radius 1 is 1.35 bits per heavy atom. The highest BCUT2D eigenvalue weighted by Gasteiger charge is 2.39. The number of rotatable bonds is 2. The Kier molecular flexibility index (Phi) is 4.10. The molecule has 1 atom stereocenters. The Bertz CT molecular complexity index is 630. The Hall–Kier alpha value is -1.60. The second-order valence-electron chi connectivity index (χ2n) is 6.24. The number of carbonyl (C=O) groups excluding carboxylic acids is 1. The Morgan fingerprint density at radius 3 is 2.74 bits per heavy atom. The number of benzene rings is 1. The number of hydrogen-bond donors (Lipinski definition) is 0. The summed E-state index contributed by atoms with van der Waals surface area (Å²) in [6, 6.07) is 2.79. The minimum atomic E-state index is -4.45. The molecule has 7 heteroatoms. The van der Waals surface area contributed by atoms with Gasteiger partial charge in [-0.2, -0.15) is 13.2 Å². The summed E-state index contributed by atoms with van der Waals surface area (Å²) in [7, 11) is 1.52. The van der Waals surface area contributed by atoms with Gasteiger partial charge < -0.3 is 9.64 Å². The van der Waals surface area contributed by atoms with Gasteiger partial charge in [-0.05, 0) is 30.2 Å². The van der Waals surface area contributed by atoms with E-state index in [1.165, 1.54) is 18.0 Å². The molecule has 4 nitrogen and oxygen atoms in total. The first-order valence-corrected chi connectivity index (χ1v) is 7.58. The summed E-state index contributed by atoms with van der Waals surface area (Å²) in [5.41, 5.74) is 0.0977. The first kappa shape index (κ1) is 16.3. The quantitative estimate of drug-likeness (QED) is 0.836. The van der Waals surface area contributed by atoms with Crippen molar-refractivity contribution >= 4 is 5.91 Å². The van der Waals surface area contributed by atoms with E-state index < -0.39 is 11.7 Å². The van der Waals surface area contributed by atoms with Crippen LogP contribution in [0.1, 0.15) is 34.0 Å². The van der Waals surface area contributed by atoms with Crippen LogP contribution in [0.4, 0.5) is 13.2 Å². The molecule has 1 aromatic rings. The predicted octanol–water partition coefficient (Wildman–Crippen LogP) is 2.51. The molecule has 1 unspecified atom stereocenters. The van der Waals surface area contributed by atoms with Crippen LogP contribution in [0, 0.1) is 0 Å². The zero-order valence-corrected chi connectivity index (χ0v) is 13.1. The zero-order chi connectivity index (χ0) is 16.8. The molecule has 2 aliphatic heterocycles. The number of halogens is 3. The third-order valence-corrected chi connectivity index (χ3v) is 4.32. The summed E-state index contributed by atoms with van der Waals surface area (Å²) in [5, 5.41) is 0. The minimum absolute atomic E-state index is 0.0118. The molecule has 0 aliphatic carbocycles. The largest absolute Gasteiger partial charge is 0.416 e. The van der Waals surface area contributed by atoms with Crippen molar-refractivity contribution < 1.29 is 22.7 Å². The van der Waals surface area contributed by atoms with Crippen molar-refractivity contribution in [3.8, 4) is 0 Å². The highest BCUT2D eigenvalue weighted by atomic mass is 19.4. The fourth-order valence-corrected chi connectivity index (χ4v) is 3.24. The monoisotopic (exact) mass is 328 g/mol. The lowest BCUT2D eigenvalue weighted by Gasteiger charge is -2.31. The normalized spacial score (nSPS) is 22.6. The highest BCUT2D eigenvalue weighted by Crippen LogP contribution is 2.38. The smallest absolute Gasteiger partial charge is 0.376 e. The van der Waals surface area contributed by atoms with Gasteiger partial charge in [-0.15, -0.1) is 0 Å². The molecule has 23 heavy (non-hydrogen) atoms. The van der Waals surface area contributed by atoms with E-state index in [0.29, 0.717) is 31.8 Å². The maximum atomic E-state index is 13.4. The van der Waals surface area contributed by atoms with Crippen LogP contribution in [0.5, 0.6) is 0 Å². The summed E-state index contributed by atoms with van der Waals surface area (Å²) in [4.78, 5) is 15.5. The van der Waals surface area contributed by atoms with Crippen LogP contribution in [0.3, 0.4) is 0 Å². The van der Waals surface area contributed by atoms with Gasteiger partial charge in [0.2, 0.25) is 0 Å². The van der Waals surface area contributed by atoms with Crippen LogP contribution in [-0.4, -0.2) is 48.6 Å². The third kappa shape index (κ3) is 3.21. The molecule has 126 valence electrons. The standard InChI is InChI=1S/C16H19F3N2O2/c1-10-7-21(3-4-23-10)8-11-5-12-13(9-20(2)15(12)22)14(6-11)16(17,18)19/h5-6,10H,3-4,7-9H2,1-2H3. The maximum Gasteiger partial charge on any atom is 0.416 e. The van der Waals surface area contributed by atoms with Crippen molar-refractivity contribution in [3.05, 3.63) is 34.4 Å². The predicted molar refractivity (Wildman–Crippen MR) is 77.9 cm³/mol. The molecule has 0 N–H and O–H groups in total. The van der Waals surface area contributed by atoms with Crippen molar-refractivity contribution in [1.29, 1.82) is 0 Å². The molecule has 0 aromatic heterocycles. The molecule has 3 rings (SSSR count). The van der Waals surface area contributed by atoms with Crippen LogP contribution in [-0.2, 0) is 24.0 Å². The van der Waals surface area contributed by atoms with Crippen molar-refractivity contribution in [2.24, 2.45) is 0 Å². The van der Waals surface area contributed by atoms with Gasteiger partial charge in [0.05, 0.1) is 18.3 Å². The molecule has 0 saturated carbocycles. The second kappa shape index (κ2) is 5.79. The number of morpholine rings is 1. The summed E-state index contributed by atoms with van der Waals surface area (Å²) in [5.74, 6) is -0.345. The summed E-state index contributed by atoms with van der Waals surface area (Å²) < 4.78 is 45.5. The number of amides is 1. The number of ether oxygens (including phenoxy) is 1. The van der Waals surface area contributed by atoms with E-state index in [1.54, 1.807) is 6.07 Å². The molecule has 1 aromatic carbocycles. The first-order valence-electron chi connectivity index (χ1n) is 7.58. The Labute approximate surface area is 132 Å². The molecule has 0 radical (unpaired) electrons. The summed E-state index contributed by atoms with van der Waals surface area (Å²) in [6.07, 6.45) is -4.39. The van der Waals surface area contributed by atoms with Crippen molar-refractivity contribution in [2.75, 3.05) is 26.7 Å². The van der Waals surface area contributed by atoms with Gasteiger partial charge in [0.25, 0.3) is 5.91 Å². The molecule has 2 heterocycles. The molecule has 1 saturated heterocycles. The fourth-order valence-electron chi connectivity index (χ4n) is 3.24. The molecule has 0 spiro atoms. The lowest BCUT2D eigenvalue weighted by atomic mass is 9.98. The van der Waals surface area contributed by atoms with E-state index in [-0.39, 0.29) is 29.7 Å². The third-order valence-electron chi connectivity index (χ3n) is 4.32. The van der Waals surface area contributed by atoms with Crippen molar-refractivity contribution in [3.63, 3.8) is 0 Å². The van der Waals surface area contributed by atoms with Gasteiger partial charge in [0.15, 0.2) is 0 Å². The lowest BCUT2D eigenvalue weighted by Crippen LogP contribution is -2.40. The average molecular weight is 328 g/mol. The van der Waals surface area contributed by atoms with Crippen LogP contribution in [0.25, 0.3) is 0 Å². The van der Waals surface area contributed by atoms with Gasteiger partial charge in [-0.3, -0.25) is 9.69 Å². The van der Waals surface area contributed by atoms with E-state index >= 15 is 0 Å². The van der Waals surface area contributed by atoms with Gasteiger partial charge >= 0.3 is 6.18 Å². The van der Waals surface area contributed by atoms with Crippen molar-refractivity contribution in [1.82, 2.24) is 9.80 Å². The van der Waals surface area contributed by atoms with Gasteiger partial charge in [-0.1, -0.05) is 0 Å². The van der Waals surface area contributed by atoms with Gasteiger partial charge in [-0.25, -0.2) is 0 Å². The SMILES string of the molecule is CC1CN(Cc2cc3c(c(C(F)(F)F)c2)CN(C)C3=O)CCO1. The molecule has 1 fully saturated rings. The number of alkyl halides is 3. The van der Waals surface area contributed by atoms with E-state index in [0.717, 1.165) is 0 Å². The molecule has 0 bridgehead atoms. The minimum Gasteiger partial charge on any atom is -0.376 e. The van der Waals surface area contributed by atoms with Crippen LogP contribution < -0.4 is 0 Å². The van der Waals surface area contributed by atoms with Crippen LogP contribution >= 0.6 is 0 Å². The average Bonchev–Trinajstić information content (AvgIpc) is 2.73. The number of nitrogens with zero attached hydrogens (tertiary/aromatic N) is 2. The molecular weight excluding hydrogens is 309 g/mol. The van der Waals surface area contributed by atoms with Crippen LogP contribution in [0.15, 0.2) is 12.1 Å². The van der Waals surface area contributed by atoms with Gasteiger partial charge in [0, 0.05) is 38.8 Å². The number of carbonyl (C=O) groups is 1. The van der Waals surface area contributed by atoms with Gasteiger partial charge in [0.1, 0.15) is 0 Å². The van der Waals surface area contributed by atoms with Crippen molar-refractivity contribution in [2.45, 2.75) is 32.3 Å². The summed E-state index contributed by atoms with van der Waals surface area (Å²) >= 11 is 0. The second-order valence-corrected chi connectivity index (χ2v) is 6.24. The topological polar surface area (TPSA) is 32.8 Å². The van der Waals surface area contributed by atoms with Crippen LogP contribution in [0.2, 0.25) is 0 Å². The Balaban J connectivity index is 1.94.